The number of benzene rings is 1. The summed E-state index contributed by atoms with van der Waals surface area (Å²) in [5.41, 5.74) is 2.07. The minimum Gasteiger partial charge on any atom is -0.313 e. The highest BCUT2D eigenvalue weighted by Gasteiger charge is 2.33. The van der Waals surface area contributed by atoms with E-state index in [9.17, 15) is 9.59 Å². The molecule has 8 heteroatoms. The largest absolute Gasteiger partial charge is 0.313 e. The van der Waals surface area contributed by atoms with Crippen LogP contribution in [0.15, 0.2) is 42.7 Å². The molecule has 1 unspecified atom stereocenters. The predicted octanol–water partition coefficient (Wildman–Crippen LogP) is 3.17. The van der Waals surface area contributed by atoms with Gasteiger partial charge in [-0.15, -0.1) is 11.3 Å². The standard InChI is InChI=1S/C20H19N5O2S/c1-12-11-25(15-8-5-4-7-14(15)24(3)19(12)26)20(27)16-13(2)23-18(28-16)17-21-9-6-10-22-17/h4-10,12H,11H2,1-3H3. The number of hydrogen-bond acceptors (Lipinski definition) is 6. The zero-order valence-electron chi connectivity index (χ0n) is 15.8. The van der Waals surface area contributed by atoms with Gasteiger partial charge in [0.05, 0.1) is 23.0 Å². The Balaban J connectivity index is 1.77. The number of amides is 2. The summed E-state index contributed by atoms with van der Waals surface area (Å²) in [6, 6.07) is 9.19. The maximum Gasteiger partial charge on any atom is 0.270 e. The molecule has 0 bridgehead atoms. The van der Waals surface area contributed by atoms with Crippen molar-refractivity contribution >= 4 is 34.5 Å². The van der Waals surface area contributed by atoms with Gasteiger partial charge in [-0.05, 0) is 25.1 Å². The second kappa shape index (κ2) is 7.12. The first kappa shape index (κ1) is 18.2. The molecule has 1 atom stereocenters. The van der Waals surface area contributed by atoms with Crippen molar-refractivity contribution in [2.24, 2.45) is 5.92 Å². The molecule has 142 valence electrons. The third kappa shape index (κ3) is 3.05. The number of anilines is 2. The number of fused-ring (bicyclic) bond motifs is 1. The highest BCUT2D eigenvalue weighted by molar-refractivity contribution is 7.17. The molecule has 0 aliphatic carbocycles. The molecule has 0 N–H and O–H groups in total. The Morgan fingerprint density at radius 2 is 1.82 bits per heavy atom. The normalized spacial score (nSPS) is 16.7. The van der Waals surface area contributed by atoms with Crippen LogP contribution in [0.3, 0.4) is 0 Å². The van der Waals surface area contributed by atoms with Crippen LogP contribution in [-0.2, 0) is 4.79 Å². The summed E-state index contributed by atoms with van der Waals surface area (Å²) >= 11 is 1.27. The Kier molecular flexibility index (Phi) is 4.64. The van der Waals surface area contributed by atoms with Crippen LogP contribution in [0.4, 0.5) is 11.4 Å². The van der Waals surface area contributed by atoms with Crippen molar-refractivity contribution < 1.29 is 9.59 Å². The molecular weight excluding hydrogens is 374 g/mol. The molecule has 1 aromatic carbocycles. The third-order valence-corrected chi connectivity index (χ3v) is 5.88. The average molecular weight is 393 g/mol. The molecule has 0 fully saturated rings. The molecule has 0 spiro atoms. The van der Waals surface area contributed by atoms with Crippen molar-refractivity contribution in [3.63, 3.8) is 0 Å². The van der Waals surface area contributed by atoms with Crippen LogP contribution in [-0.4, -0.2) is 40.4 Å². The Bertz CT molecular complexity index is 1050. The number of carbonyl (C=O) groups excluding carboxylic acids is 2. The summed E-state index contributed by atoms with van der Waals surface area (Å²) in [5, 5.41) is 0.603. The molecular formula is C20H19N5O2S. The molecule has 3 heterocycles. The van der Waals surface area contributed by atoms with Crippen LogP contribution < -0.4 is 9.80 Å². The van der Waals surface area contributed by atoms with E-state index in [1.807, 2.05) is 31.2 Å². The van der Waals surface area contributed by atoms with Crippen LogP contribution in [0.25, 0.3) is 10.8 Å². The minimum atomic E-state index is -0.313. The number of carbonyl (C=O) groups is 2. The number of nitrogens with zero attached hydrogens (tertiary/aromatic N) is 5. The van der Waals surface area contributed by atoms with Crippen LogP contribution in [0.5, 0.6) is 0 Å². The topological polar surface area (TPSA) is 79.3 Å². The molecule has 3 aromatic rings. The van der Waals surface area contributed by atoms with E-state index in [0.29, 0.717) is 27.9 Å². The average Bonchev–Trinajstić information content (AvgIpc) is 3.08. The smallest absolute Gasteiger partial charge is 0.270 e. The lowest BCUT2D eigenvalue weighted by Gasteiger charge is -2.23. The summed E-state index contributed by atoms with van der Waals surface area (Å²) in [4.78, 5) is 42.9. The lowest BCUT2D eigenvalue weighted by molar-refractivity contribution is -0.121. The molecule has 0 radical (unpaired) electrons. The van der Waals surface area contributed by atoms with Crippen LogP contribution in [0.2, 0.25) is 0 Å². The molecule has 1 aliphatic rings. The van der Waals surface area contributed by atoms with Crippen molar-refractivity contribution in [2.45, 2.75) is 13.8 Å². The first-order chi connectivity index (χ1) is 13.5. The molecule has 7 nitrogen and oxygen atoms in total. The van der Waals surface area contributed by atoms with Crippen LogP contribution in [0, 0.1) is 12.8 Å². The zero-order chi connectivity index (χ0) is 19.8. The monoisotopic (exact) mass is 393 g/mol. The van der Waals surface area contributed by atoms with E-state index < -0.39 is 0 Å². The van der Waals surface area contributed by atoms with Gasteiger partial charge in [-0.2, -0.15) is 0 Å². The van der Waals surface area contributed by atoms with Crippen molar-refractivity contribution in [1.82, 2.24) is 15.0 Å². The summed E-state index contributed by atoms with van der Waals surface area (Å²) in [6.45, 7) is 3.96. The first-order valence-corrected chi connectivity index (χ1v) is 9.72. The molecule has 4 rings (SSSR count). The van der Waals surface area contributed by atoms with Crippen LogP contribution >= 0.6 is 11.3 Å². The second-order valence-electron chi connectivity index (χ2n) is 6.71. The van der Waals surface area contributed by atoms with Gasteiger partial charge in [0.2, 0.25) is 5.91 Å². The highest BCUT2D eigenvalue weighted by Crippen LogP contribution is 2.35. The number of para-hydroxylation sites is 2. The van der Waals surface area contributed by atoms with E-state index in [2.05, 4.69) is 15.0 Å². The number of aromatic nitrogens is 3. The fourth-order valence-electron chi connectivity index (χ4n) is 3.29. The minimum absolute atomic E-state index is 0.0119. The lowest BCUT2D eigenvalue weighted by atomic mass is 10.1. The van der Waals surface area contributed by atoms with Gasteiger partial charge in [0.25, 0.3) is 5.91 Å². The molecule has 1 aliphatic heterocycles. The maximum atomic E-state index is 13.5. The van der Waals surface area contributed by atoms with Gasteiger partial charge in [-0.3, -0.25) is 9.59 Å². The highest BCUT2D eigenvalue weighted by atomic mass is 32.1. The zero-order valence-corrected chi connectivity index (χ0v) is 16.6. The van der Waals surface area contributed by atoms with Gasteiger partial charge < -0.3 is 9.80 Å². The Morgan fingerprint density at radius 1 is 1.14 bits per heavy atom. The SMILES string of the molecule is Cc1nc(-c2ncccn2)sc1C(=O)N1CC(C)C(=O)N(C)c2ccccc21. The summed E-state index contributed by atoms with van der Waals surface area (Å²) in [5.74, 6) is 0.00225. The van der Waals surface area contributed by atoms with Crippen molar-refractivity contribution in [2.75, 3.05) is 23.4 Å². The Hall–Kier alpha value is -3.13. The van der Waals surface area contributed by atoms with Gasteiger partial charge in [-0.25, -0.2) is 15.0 Å². The molecule has 0 saturated carbocycles. The summed E-state index contributed by atoms with van der Waals surface area (Å²) in [6.07, 6.45) is 3.30. The maximum absolute atomic E-state index is 13.5. The first-order valence-electron chi connectivity index (χ1n) is 8.90. The third-order valence-electron chi connectivity index (χ3n) is 4.74. The van der Waals surface area contributed by atoms with E-state index in [0.717, 1.165) is 11.4 Å². The van der Waals surface area contributed by atoms with Crippen LogP contribution in [0.1, 0.15) is 22.3 Å². The predicted molar refractivity (Wildman–Crippen MR) is 109 cm³/mol. The Labute approximate surface area is 166 Å². The van der Waals surface area contributed by atoms with E-state index in [4.69, 9.17) is 0 Å². The van der Waals surface area contributed by atoms with Gasteiger partial charge in [0.1, 0.15) is 4.88 Å². The lowest BCUT2D eigenvalue weighted by Crippen LogP contribution is -2.37. The fraction of sp³-hybridized carbons (Fsp3) is 0.250. The van der Waals surface area contributed by atoms with E-state index in [-0.39, 0.29) is 17.7 Å². The van der Waals surface area contributed by atoms with Gasteiger partial charge in [0, 0.05) is 26.0 Å². The van der Waals surface area contributed by atoms with Gasteiger partial charge in [-0.1, -0.05) is 19.1 Å². The molecule has 28 heavy (non-hydrogen) atoms. The Morgan fingerprint density at radius 3 is 2.54 bits per heavy atom. The molecule has 2 amide bonds. The summed E-state index contributed by atoms with van der Waals surface area (Å²) < 4.78 is 0. The van der Waals surface area contributed by atoms with Crippen molar-refractivity contribution in [3.8, 4) is 10.8 Å². The number of hydrogen-bond donors (Lipinski definition) is 0. The van der Waals surface area contributed by atoms with Crippen molar-refractivity contribution in [3.05, 3.63) is 53.3 Å². The van der Waals surface area contributed by atoms with E-state index >= 15 is 0 Å². The second-order valence-corrected chi connectivity index (χ2v) is 7.71. The number of thiazole rings is 1. The van der Waals surface area contributed by atoms with Gasteiger partial charge >= 0.3 is 0 Å². The molecule has 0 saturated heterocycles. The number of rotatable bonds is 2. The molecule has 2 aromatic heterocycles. The van der Waals surface area contributed by atoms with Crippen molar-refractivity contribution in [1.29, 1.82) is 0 Å². The van der Waals surface area contributed by atoms with Gasteiger partial charge in [0.15, 0.2) is 10.8 Å². The fourth-order valence-corrected chi connectivity index (χ4v) is 4.25. The van der Waals surface area contributed by atoms with E-state index in [1.165, 1.54) is 11.3 Å². The quantitative estimate of drug-likeness (QED) is 0.668. The summed E-state index contributed by atoms with van der Waals surface area (Å²) in [7, 11) is 1.74. The number of aryl methyl sites for hydroxylation is 1. The van der Waals surface area contributed by atoms with E-state index in [1.54, 1.807) is 42.2 Å².